The number of rotatable bonds is 5. The highest BCUT2D eigenvalue weighted by molar-refractivity contribution is 6.30. The molecule has 0 spiro atoms. The van der Waals surface area contributed by atoms with E-state index in [1.54, 1.807) is 48.5 Å². The Morgan fingerprint density at radius 3 is 2.36 bits per heavy atom. The first kappa shape index (κ1) is 20.8. The number of hydrogen-bond acceptors (Lipinski definition) is 4. The largest absolute Gasteiger partial charge is 0.476 e. The average molecular weight is 456 g/mol. The molecule has 0 unspecified atom stereocenters. The van der Waals surface area contributed by atoms with Gasteiger partial charge >= 0.3 is 0 Å². The highest BCUT2D eigenvalue weighted by Gasteiger charge is 2.19. The lowest BCUT2D eigenvalue weighted by molar-refractivity contribution is -0.118. The molecule has 5 rings (SSSR count). The van der Waals surface area contributed by atoms with Crippen molar-refractivity contribution >= 4 is 44.9 Å². The van der Waals surface area contributed by atoms with Gasteiger partial charge in [-0.1, -0.05) is 60.1 Å². The zero-order chi connectivity index (χ0) is 22.8. The van der Waals surface area contributed by atoms with Crippen molar-refractivity contribution in [1.29, 1.82) is 0 Å². The zero-order valence-corrected chi connectivity index (χ0v) is 18.1. The zero-order valence-electron chi connectivity index (χ0n) is 17.4. The minimum absolute atomic E-state index is 0.0240. The third-order valence-electron chi connectivity index (χ3n) is 5.27. The first-order valence-corrected chi connectivity index (χ1v) is 10.7. The van der Waals surface area contributed by atoms with Crippen molar-refractivity contribution in [2.75, 3.05) is 11.9 Å². The van der Waals surface area contributed by atoms with E-state index in [-0.39, 0.29) is 29.5 Å². The molecule has 0 atom stereocenters. The van der Waals surface area contributed by atoms with E-state index in [9.17, 15) is 9.59 Å². The van der Waals surface area contributed by atoms with Gasteiger partial charge in [0.05, 0.1) is 5.39 Å². The molecule has 5 nitrogen and oxygen atoms in total. The molecule has 0 radical (unpaired) electrons. The fraction of sp³-hybridized carbons (Fsp3) is 0.0370. The van der Waals surface area contributed by atoms with Crippen LogP contribution < -0.4 is 15.5 Å². The van der Waals surface area contributed by atoms with Crippen LogP contribution in [0.2, 0.25) is 5.02 Å². The second-order valence-electron chi connectivity index (χ2n) is 7.46. The molecular formula is C27H18ClNO4. The van der Waals surface area contributed by atoms with Gasteiger partial charge in [-0.2, -0.15) is 0 Å². The number of hydrogen-bond donors (Lipinski definition) is 1. The Kier molecular flexibility index (Phi) is 5.55. The monoisotopic (exact) mass is 455 g/mol. The summed E-state index contributed by atoms with van der Waals surface area (Å²) in [6.45, 7) is -0.354. The SMILES string of the molecule is O=C(COc1c(-c2ccc(Cl)cc2)oc2ccccc2c1=O)Nc1cccc2ccccc12. The predicted octanol–water partition coefficient (Wildman–Crippen LogP) is 6.28. The maximum Gasteiger partial charge on any atom is 0.262 e. The molecule has 5 aromatic rings. The number of para-hydroxylation sites is 1. The summed E-state index contributed by atoms with van der Waals surface area (Å²) in [6.07, 6.45) is 0. The fourth-order valence-electron chi connectivity index (χ4n) is 3.71. The van der Waals surface area contributed by atoms with Crippen LogP contribution in [0.5, 0.6) is 5.75 Å². The number of ether oxygens (including phenoxy) is 1. The summed E-state index contributed by atoms with van der Waals surface area (Å²) < 4.78 is 11.8. The predicted molar refractivity (Wildman–Crippen MR) is 131 cm³/mol. The Morgan fingerprint density at radius 2 is 1.55 bits per heavy atom. The van der Waals surface area contributed by atoms with Gasteiger partial charge in [0.15, 0.2) is 12.4 Å². The van der Waals surface area contributed by atoms with E-state index in [4.69, 9.17) is 20.8 Å². The van der Waals surface area contributed by atoms with Crippen molar-refractivity contribution < 1.29 is 13.9 Å². The van der Waals surface area contributed by atoms with Gasteiger partial charge in [0, 0.05) is 21.7 Å². The third kappa shape index (κ3) is 4.19. The van der Waals surface area contributed by atoms with E-state index >= 15 is 0 Å². The van der Waals surface area contributed by atoms with Gasteiger partial charge in [-0.25, -0.2) is 0 Å². The van der Waals surface area contributed by atoms with Gasteiger partial charge in [0.2, 0.25) is 11.2 Å². The van der Waals surface area contributed by atoms with E-state index < -0.39 is 0 Å². The van der Waals surface area contributed by atoms with Gasteiger partial charge in [-0.05, 0) is 47.9 Å². The van der Waals surface area contributed by atoms with Crippen LogP contribution in [0.1, 0.15) is 0 Å². The summed E-state index contributed by atoms with van der Waals surface area (Å²) in [5.41, 5.74) is 1.37. The first-order chi connectivity index (χ1) is 16.1. The van der Waals surface area contributed by atoms with Crippen LogP contribution in [-0.4, -0.2) is 12.5 Å². The summed E-state index contributed by atoms with van der Waals surface area (Å²) in [5.74, 6) is -0.168. The Bertz CT molecular complexity index is 1530. The van der Waals surface area contributed by atoms with Crippen LogP contribution in [0.4, 0.5) is 5.69 Å². The molecule has 1 heterocycles. The van der Waals surface area contributed by atoms with Crippen molar-refractivity contribution in [3.8, 4) is 17.1 Å². The number of carbonyl (C=O) groups is 1. The Hall–Kier alpha value is -4.09. The van der Waals surface area contributed by atoms with Crippen LogP contribution >= 0.6 is 11.6 Å². The quantitative estimate of drug-likeness (QED) is 0.338. The highest BCUT2D eigenvalue weighted by Crippen LogP contribution is 2.31. The van der Waals surface area contributed by atoms with Crippen molar-refractivity contribution in [1.82, 2.24) is 0 Å². The van der Waals surface area contributed by atoms with Crippen LogP contribution in [0, 0.1) is 0 Å². The molecule has 33 heavy (non-hydrogen) atoms. The maximum absolute atomic E-state index is 13.2. The van der Waals surface area contributed by atoms with Crippen LogP contribution in [0.15, 0.2) is 100 Å². The second-order valence-corrected chi connectivity index (χ2v) is 7.89. The van der Waals surface area contributed by atoms with E-state index in [1.165, 1.54) is 0 Å². The maximum atomic E-state index is 13.2. The fourth-order valence-corrected chi connectivity index (χ4v) is 3.83. The van der Waals surface area contributed by atoms with Gasteiger partial charge in [0.1, 0.15) is 5.58 Å². The topological polar surface area (TPSA) is 68.5 Å². The molecule has 1 N–H and O–H groups in total. The van der Waals surface area contributed by atoms with Gasteiger partial charge < -0.3 is 14.5 Å². The minimum atomic E-state index is -0.388. The summed E-state index contributed by atoms with van der Waals surface area (Å²) in [6, 6.07) is 27.2. The molecule has 0 bridgehead atoms. The number of carbonyl (C=O) groups excluding carboxylic acids is 1. The molecule has 0 saturated heterocycles. The molecule has 0 saturated carbocycles. The lowest BCUT2D eigenvalue weighted by Gasteiger charge is -2.13. The van der Waals surface area contributed by atoms with E-state index in [0.29, 0.717) is 27.2 Å². The van der Waals surface area contributed by atoms with Crippen LogP contribution in [0.25, 0.3) is 33.1 Å². The molecule has 1 aromatic heterocycles. The number of halogens is 1. The molecule has 0 fully saturated rings. The Labute approximate surface area is 194 Å². The van der Waals surface area contributed by atoms with Gasteiger partial charge in [-0.15, -0.1) is 0 Å². The molecule has 1 amide bonds. The van der Waals surface area contributed by atoms with Crippen molar-refractivity contribution in [3.05, 3.63) is 106 Å². The number of amides is 1. The normalized spacial score (nSPS) is 10.9. The van der Waals surface area contributed by atoms with Crippen molar-refractivity contribution in [2.24, 2.45) is 0 Å². The molecule has 4 aromatic carbocycles. The number of anilines is 1. The molecule has 6 heteroatoms. The van der Waals surface area contributed by atoms with E-state index in [0.717, 1.165) is 10.8 Å². The summed E-state index contributed by atoms with van der Waals surface area (Å²) in [4.78, 5) is 25.9. The Balaban J connectivity index is 1.47. The van der Waals surface area contributed by atoms with Crippen molar-refractivity contribution in [3.63, 3.8) is 0 Å². The third-order valence-corrected chi connectivity index (χ3v) is 5.53. The molecule has 0 aliphatic heterocycles. The highest BCUT2D eigenvalue weighted by atomic mass is 35.5. The smallest absolute Gasteiger partial charge is 0.262 e. The lowest BCUT2D eigenvalue weighted by Crippen LogP contribution is -2.22. The van der Waals surface area contributed by atoms with E-state index in [1.807, 2.05) is 42.5 Å². The number of benzene rings is 4. The van der Waals surface area contributed by atoms with Crippen molar-refractivity contribution in [2.45, 2.75) is 0 Å². The first-order valence-electron chi connectivity index (χ1n) is 10.3. The summed E-state index contributed by atoms with van der Waals surface area (Å²) in [7, 11) is 0. The van der Waals surface area contributed by atoms with Crippen LogP contribution in [-0.2, 0) is 4.79 Å². The van der Waals surface area contributed by atoms with Crippen LogP contribution in [0.3, 0.4) is 0 Å². The summed E-state index contributed by atoms with van der Waals surface area (Å²) >= 11 is 6.01. The van der Waals surface area contributed by atoms with E-state index in [2.05, 4.69) is 5.32 Å². The Morgan fingerprint density at radius 1 is 0.848 bits per heavy atom. The second kappa shape index (κ2) is 8.81. The molecule has 0 aliphatic carbocycles. The summed E-state index contributed by atoms with van der Waals surface area (Å²) in [5, 5.41) is 5.72. The van der Waals surface area contributed by atoms with Gasteiger partial charge in [-0.3, -0.25) is 9.59 Å². The van der Waals surface area contributed by atoms with Gasteiger partial charge in [0.25, 0.3) is 5.91 Å². The molecular weight excluding hydrogens is 438 g/mol. The minimum Gasteiger partial charge on any atom is -0.476 e. The number of nitrogens with one attached hydrogen (secondary N) is 1. The average Bonchev–Trinajstić information content (AvgIpc) is 2.84. The standard InChI is InChI=1S/C27H18ClNO4/c28-19-14-12-18(13-15-19)26-27(25(31)21-9-3-4-11-23(21)33-26)32-16-24(30)29-22-10-5-7-17-6-1-2-8-20(17)22/h1-15H,16H2,(H,29,30). The molecule has 162 valence electrons. The number of fused-ring (bicyclic) bond motifs is 2. The lowest BCUT2D eigenvalue weighted by atomic mass is 10.1. The molecule has 0 aliphatic rings.